The minimum atomic E-state index is -0.367. The summed E-state index contributed by atoms with van der Waals surface area (Å²) in [7, 11) is 0. The van der Waals surface area contributed by atoms with Crippen LogP contribution in [-0.4, -0.2) is 47.8 Å². The lowest BCUT2D eigenvalue weighted by Crippen LogP contribution is -2.53. The van der Waals surface area contributed by atoms with Gasteiger partial charge in [0.05, 0.1) is 6.54 Å². The molecule has 0 N–H and O–H groups in total. The van der Waals surface area contributed by atoms with Crippen molar-refractivity contribution in [1.82, 2.24) is 9.80 Å². The first-order valence-corrected chi connectivity index (χ1v) is 7.66. The lowest BCUT2D eigenvalue weighted by atomic mass is 10.1. The van der Waals surface area contributed by atoms with Gasteiger partial charge in [-0.2, -0.15) is 0 Å². The van der Waals surface area contributed by atoms with Gasteiger partial charge in [-0.15, -0.1) is 0 Å². The molecule has 2 aliphatic heterocycles. The van der Waals surface area contributed by atoms with Crippen LogP contribution in [0.3, 0.4) is 0 Å². The van der Waals surface area contributed by atoms with Crippen molar-refractivity contribution in [1.29, 1.82) is 0 Å². The third-order valence-electron chi connectivity index (χ3n) is 4.06. The number of amides is 2. The number of ether oxygens (including phenoxy) is 2. The van der Waals surface area contributed by atoms with E-state index in [-0.39, 0.29) is 25.0 Å². The van der Waals surface area contributed by atoms with E-state index in [1.165, 1.54) is 0 Å². The van der Waals surface area contributed by atoms with E-state index in [1.807, 2.05) is 30.3 Å². The molecule has 2 amide bonds. The lowest BCUT2D eigenvalue weighted by molar-refractivity contribution is 0.0240. The third-order valence-corrected chi connectivity index (χ3v) is 4.06. The maximum Gasteiger partial charge on any atom is 0.411 e. The van der Waals surface area contributed by atoms with Gasteiger partial charge in [0.1, 0.15) is 19.4 Å². The molecule has 0 aliphatic carbocycles. The average Bonchev–Trinajstić information content (AvgIpc) is 2.99. The maximum atomic E-state index is 12.4. The zero-order chi connectivity index (χ0) is 15.4. The molecule has 1 atom stereocenters. The summed E-state index contributed by atoms with van der Waals surface area (Å²) in [5.41, 5.74) is 0.949. The van der Waals surface area contributed by atoms with Crippen LogP contribution in [0.25, 0.3) is 0 Å². The van der Waals surface area contributed by atoms with Crippen LogP contribution < -0.4 is 0 Å². The van der Waals surface area contributed by atoms with Crippen molar-refractivity contribution < 1.29 is 19.1 Å². The molecular weight excluding hydrogens is 284 g/mol. The highest BCUT2D eigenvalue weighted by atomic mass is 16.6. The quantitative estimate of drug-likeness (QED) is 0.861. The third kappa shape index (κ3) is 3.16. The van der Waals surface area contributed by atoms with E-state index < -0.39 is 0 Å². The second-order valence-electron chi connectivity index (χ2n) is 5.52. The van der Waals surface area contributed by atoms with Gasteiger partial charge in [-0.05, 0) is 24.8 Å². The Morgan fingerprint density at radius 2 is 2.05 bits per heavy atom. The van der Waals surface area contributed by atoms with Crippen molar-refractivity contribution in [3.63, 3.8) is 0 Å². The number of hydrogen-bond acceptors (Lipinski definition) is 4. The molecule has 0 radical (unpaired) electrons. The van der Waals surface area contributed by atoms with Crippen molar-refractivity contribution in [2.75, 3.05) is 19.7 Å². The van der Waals surface area contributed by atoms with E-state index >= 15 is 0 Å². The first-order chi connectivity index (χ1) is 10.8. The van der Waals surface area contributed by atoms with Gasteiger partial charge in [0.15, 0.2) is 0 Å². The summed E-state index contributed by atoms with van der Waals surface area (Å²) in [4.78, 5) is 27.4. The van der Waals surface area contributed by atoms with Crippen LogP contribution >= 0.6 is 0 Å². The molecule has 0 bridgehead atoms. The Morgan fingerprint density at radius 3 is 2.77 bits per heavy atom. The number of carbonyl (C=O) groups excluding carboxylic acids is 2. The first-order valence-electron chi connectivity index (χ1n) is 7.66. The van der Waals surface area contributed by atoms with Crippen LogP contribution in [0.2, 0.25) is 0 Å². The predicted molar refractivity (Wildman–Crippen MR) is 79.0 cm³/mol. The largest absolute Gasteiger partial charge is 0.447 e. The van der Waals surface area contributed by atoms with E-state index in [0.29, 0.717) is 19.7 Å². The number of rotatable bonds is 3. The maximum absolute atomic E-state index is 12.4. The van der Waals surface area contributed by atoms with Gasteiger partial charge >= 0.3 is 12.2 Å². The second kappa shape index (κ2) is 6.68. The summed E-state index contributed by atoms with van der Waals surface area (Å²) in [6.45, 7) is 1.78. The topological polar surface area (TPSA) is 59.1 Å². The second-order valence-corrected chi connectivity index (χ2v) is 5.52. The molecule has 2 heterocycles. The summed E-state index contributed by atoms with van der Waals surface area (Å²) in [5, 5.41) is 0. The molecule has 118 valence electrons. The number of benzene rings is 1. The molecule has 1 aromatic carbocycles. The zero-order valence-corrected chi connectivity index (χ0v) is 12.4. The molecule has 0 aromatic heterocycles. The molecule has 6 nitrogen and oxygen atoms in total. The summed E-state index contributed by atoms with van der Waals surface area (Å²) in [5.74, 6) is 0. The Kier molecular flexibility index (Phi) is 4.46. The fourth-order valence-electron chi connectivity index (χ4n) is 2.93. The summed E-state index contributed by atoms with van der Waals surface area (Å²) >= 11 is 0. The molecule has 22 heavy (non-hydrogen) atoms. The van der Waals surface area contributed by atoms with Crippen molar-refractivity contribution in [2.45, 2.75) is 32.0 Å². The smallest absolute Gasteiger partial charge is 0.411 e. The average molecular weight is 304 g/mol. The van der Waals surface area contributed by atoms with E-state index in [2.05, 4.69) is 0 Å². The highest BCUT2D eigenvalue weighted by Gasteiger charge is 2.37. The monoisotopic (exact) mass is 304 g/mol. The molecule has 2 saturated heterocycles. The Hall–Kier alpha value is -2.24. The van der Waals surface area contributed by atoms with Crippen LogP contribution in [0.4, 0.5) is 9.59 Å². The Morgan fingerprint density at radius 1 is 1.23 bits per heavy atom. The van der Waals surface area contributed by atoms with Gasteiger partial charge in [-0.1, -0.05) is 30.3 Å². The number of likely N-dealkylation sites (tertiary alicyclic amines) is 1. The minimum Gasteiger partial charge on any atom is -0.447 e. The molecule has 2 fully saturated rings. The summed E-state index contributed by atoms with van der Waals surface area (Å²) in [6.07, 6.45) is 1.75. The van der Waals surface area contributed by atoms with Crippen LogP contribution in [0.1, 0.15) is 24.8 Å². The minimum absolute atomic E-state index is 0.243. The Bertz CT molecular complexity index is 534. The van der Waals surface area contributed by atoms with E-state index in [0.717, 1.165) is 24.8 Å². The summed E-state index contributed by atoms with van der Waals surface area (Å²) < 4.78 is 10.4. The molecule has 0 spiro atoms. The van der Waals surface area contributed by atoms with Gasteiger partial charge in [0.25, 0.3) is 0 Å². The Labute approximate surface area is 129 Å². The zero-order valence-electron chi connectivity index (χ0n) is 12.4. The lowest BCUT2D eigenvalue weighted by Gasteiger charge is -2.38. The normalized spacial score (nSPS) is 21.6. The molecule has 1 aromatic rings. The molecular formula is C16H20N2O4. The van der Waals surface area contributed by atoms with Crippen molar-refractivity contribution in [2.24, 2.45) is 0 Å². The van der Waals surface area contributed by atoms with E-state index in [9.17, 15) is 9.59 Å². The molecule has 2 aliphatic rings. The Balaban J connectivity index is 1.62. The van der Waals surface area contributed by atoms with Crippen molar-refractivity contribution in [3.8, 4) is 0 Å². The fraction of sp³-hybridized carbons (Fsp3) is 0.500. The van der Waals surface area contributed by atoms with Crippen molar-refractivity contribution >= 4 is 12.2 Å². The van der Waals surface area contributed by atoms with Crippen LogP contribution in [-0.2, 0) is 16.1 Å². The van der Waals surface area contributed by atoms with E-state index in [4.69, 9.17) is 9.47 Å². The van der Waals surface area contributed by atoms with Crippen LogP contribution in [0.15, 0.2) is 30.3 Å². The predicted octanol–water partition coefficient (Wildman–Crippen LogP) is 2.59. The van der Waals surface area contributed by atoms with Gasteiger partial charge in [-0.25, -0.2) is 9.59 Å². The fourth-order valence-corrected chi connectivity index (χ4v) is 2.93. The number of carbonyl (C=O) groups is 2. The first kappa shape index (κ1) is 14.7. The summed E-state index contributed by atoms with van der Waals surface area (Å²) in [6, 6.07) is 9.57. The number of piperidine rings is 1. The molecule has 0 saturated carbocycles. The van der Waals surface area contributed by atoms with Gasteiger partial charge in [0, 0.05) is 6.54 Å². The van der Waals surface area contributed by atoms with Crippen molar-refractivity contribution in [3.05, 3.63) is 35.9 Å². The van der Waals surface area contributed by atoms with Gasteiger partial charge in [0.2, 0.25) is 0 Å². The van der Waals surface area contributed by atoms with Gasteiger partial charge in [-0.3, -0.25) is 9.80 Å². The highest BCUT2D eigenvalue weighted by molar-refractivity contribution is 5.72. The molecule has 1 unspecified atom stereocenters. The van der Waals surface area contributed by atoms with E-state index in [1.54, 1.807) is 9.80 Å². The standard InChI is InChI=1S/C16H20N2O4/c19-15-18(10-11-21-15)14-8-4-5-9-17(14)16(20)22-12-13-6-2-1-3-7-13/h1-3,6-7,14H,4-5,8-12H2. The number of cyclic esters (lactones) is 1. The van der Waals surface area contributed by atoms with Crippen LogP contribution in [0, 0.1) is 0 Å². The molecule has 3 rings (SSSR count). The molecule has 6 heteroatoms. The van der Waals surface area contributed by atoms with Gasteiger partial charge < -0.3 is 9.47 Å². The number of hydrogen-bond donors (Lipinski definition) is 0. The van der Waals surface area contributed by atoms with Crippen LogP contribution in [0.5, 0.6) is 0 Å². The SMILES string of the molecule is O=C1OCCN1C1CCCCN1C(=O)OCc1ccccc1. The highest BCUT2D eigenvalue weighted by Crippen LogP contribution is 2.24. The number of nitrogens with zero attached hydrogens (tertiary/aromatic N) is 2.